The van der Waals surface area contributed by atoms with Crippen molar-refractivity contribution in [2.75, 3.05) is 19.5 Å². The number of imidazole rings is 1. The number of hydrogen-bond acceptors (Lipinski definition) is 6. The number of sulfone groups is 1. The third-order valence-electron chi connectivity index (χ3n) is 4.83. The van der Waals surface area contributed by atoms with Gasteiger partial charge in [-0.2, -0.15) is 0 Å². The Balaban J connectivity index is 1.58. The quantitative estimate of drug-likeness (QED) is 0.445. The molecule has 9 heteroatoms. The second-order valence-electron chi connectivity index (χ2n) is 7.14. The Bertz CT molecular complexity index is 1160. The number of nitrogens with one attached hydrogen (secondary N) is 2. The van der Waals surface area contributed by atoms with Crippen molar-refractivity contribution in [3.63, 3.8) is 0 Å². The van der Waals surface area contributed by atoms with Crippen LogP contribution < -0.4 is 10.1 Å². The first-order chi connectivity index (χ1) is 14.2. The lowest BCUT2D eigenvalue weighted by Gasteiger charge is -2.13. The molecule has 0 radical (unpaired) electrons. The van der Waals surface area contributed by atoms with Gasteiger partial charge in [0.05, 0.1) is 23.1 Å². The van der Waals surface area contributed by atoms with Crippen molar-refractivity contribution in [1.82, 2.24) is 15.3 Å². The number of aromatic carboxylic acids is 1. The Morgan fingerprint density at radius 1 is 1.23 bits per heavy atom. The number of rotatable bonds is 9. The summed E-state index contributed by atoms with van der Waals surface area (Å²) < 4.78 is 30.7. The fourth-order valence-corrected chi connectivity index (χ4v) is 5.21. The number of benzene rings is 2. The monoisotopic (exact) mass is 431 g/mol. The number of aromatic amines is 1. The van der Waals surface area contributed by atoms with Crippen LogP contribution in [0.15, 0.2) is 35.2 Å². The number of hydrogen-bond donors (Lipinski definition) is 3. The van der Waals surface area contributed by atoms with Gasteiger partial charge < -0.3 is 20.1 Å². The van der Waals surface area contributed by atoms with Crippen molar-refractivity contribution >= 4 is 26.8 Å². The van der Waals surface area contributed by atoms with Crippen LogP contribution in [0, 0.1) is 13.8 Å². The summed E-state index contributed by atoms with van der Waals surface area (Å²) in [5, 5.41) is 12.2. The van der Waals surface area contributed by atoms with Gasteiger partial charge in [0.1, 0.15) is 23.0 Å². The zero-order valence-electron chi connectivity index (χ0n) is 17.2. The van der Waals surface area contributed by atoms with E-state index in [4.69, 9.17) is 4.74 Å². The van der Waals surface area contributed by atoms with Crippen molar-refractivity contribution in [2.24, 2.45) is 0 Å². The molecular formula is C21H25N3O5S. The molecule has 3 N–H and O–H groups in total. The van der Waals surface area contributed by atoms with Crippen molar-refractivity contribution in [1.29, 1.82) is 0 Å². The molecule has 0 amide bonds. The highest BCUT2D eigenvalue weighted by atomic mass is 32.2. The van der Waals surface area contributed by atoms with Crippen LogP contribution in [0.4, 0.5) is 0 Å². The minimum Gasteiger partial charge on any atom is -0.497 e. The number of carboxylic acids is 1. The molecule has 160 valence electrons. The molecule has 1 heterocycles. The number of aromatic nitrogens is 2. The molecule has 0 unspecified atom stereocenters. The number of para-hydroxylation sites is 1. The van der Waals surface area contributed by atoms with Gasteiger partial charge in [-0.25, -0.2) is 18.2 Å². The summed E-state index contributed by atoms with van der Waals surface area (Å²) in [6, 6.07) is 8.40. The molecule has 0 bridgehead atoms. The van der Waals surface area contributed by atoms with Crippen LogP contribution in [0.5, 0.6) is 5.75 Å². The second kappa shape index (κ2) is 8.85. The van der Waals surface area contributed by atoms with Gasteiger partial charge in [-0.05, 0) is 62.2 Å². The summed E-state index contributed by atoms with van der Waals surface area (Å²) in [6.07, 6.45) is 1.22. The molecule has 2 aromatic carbocycles. The third-order valence-corrected chi connectivity index (χ3v) is 6.68. The highest BCUT2D eigenvalue weighted by Gasteiger charge is 2.20. The standard InChI is InChI=1S/C21H25N3O5S/c1-13-10-15(29-3)11-14(2)20(13)30(27,28)12-22-9-5-8-18-23-17-7-4-6-16(21(25)26)19(17)24-18/h4,6-7,10-11,22H,5,8-9,12H2,1-3H3,(H,23,24)(H,25,26). The van der Waals surface area contributed by atoms with Gasteiger partial charge in [-0.15, -0.1) is 0 Å². The number of aryl methyl sites for hydroxylation is 3. The van der Waals surface area contributed by atoms with Crippen LogP contribution in [0.25, 0.3) is 11.0 Å². The Labute approximate surface area is 175 Å². The normalized spacial score (nSPS) is 11.7. The number of carbonyl (C=O) groups is 1. The van der Waals surface area contributed by atoms with Crippen LogP contribution in [-0.4, -0.2) is 49.0 Å². The van der Waals surface area contributed by atoms with Gasteiger partial charge in [-0.1, -0.05) is 6.07 Å². The average molecular weight is 432 g/mol. The molecule has 0 saturated heterocycles. The van der Waals surface area contributed by atoms with Crippen molar-refractivity contribution in [3.8, 4) is 5.75 Å². The summed E-state index contributed by atoms with van der Waals surface area (Å²) in [7, 11) is -1.93. The molecule has 0 atom stereocenters. The van der Waals surface area contributed by atoms with E-state index in [-0.39, 0.29) is 11.4 Å². The van der Waals surface area contributed by atoms with Crippen LogP contribution in [0.2, 0.25) is 0 Å². The average Bonchev–Trinajstić information content (AvgIpc) is 3.09. The minimum atomic E-state index is -3.48. The van der Waals surface area contributed by atoms with Crippen molar-refractivity contribution in [2.45, 2.75) is 31.6 Å². The van der Waals surface area contributed by atoms with E-state index in [2.05, 4.69) is 15.3 Å². The van der Waals surface area contributed by atoms with Gasteiger partial charge in [-0.3, -0.25) is 0 Å². The lowest BCUT2D eigenvalue weighted by atomic mass is 10.1. The van der Waals surface area contributed by atoms with Crippen molar-refractivity contribution in [3.05, 3.63) is 52.8 Å². The van der Waals surface area contributed by atoms with E-state index < -0.39 is 15.8 Å². The summed E-state index contributed by atoms with van der Waals surface area (Å²) in [5.74, 6) is 0.123. The van der Waals surface area contributed by atoms with Crippen LogP contribution >= 0.6 is 0 Å². The van der Waals surface area contributed by atoms with Crippen molar-refractivity contribution < 1.29 is 23.1 Å². The maximum Gasteiger partial charge on any atom is 0.337 e. The predicted octanol–water partition coefficient (Wildman–Crippen LogP) is 2.84. The van der Waals surface area contributed by atoms with Crippen LogP contribution in [0.3, 0.4) is 0 Å². The Hall–Kier alpha value is -2.91. The van der Waals surface area contributed by atoms with E-state index >= 15 is 0 Å². The Morgan fingerprint density at radius 2 is 1.93 bits per heavy atom. The number of nitrogens with zero attached hydrogens (tertiary/aromatic N) is 1. The fourth-order valence-electron chi connectivity index (χ4n) is 3.55. The number of ether oxygens (including phenoxy) is 1. The van der Waals surface area contributed by atoms with Gasteiger partial charge >= 0.3 is 5.97 Å². The minimum absolute atomic E-state index is 0.157. The molecule has 8 nitrogen and oxygen atoms in total. The van der Waals surface area contributed by atoms with E-state index in [9.17, 15) is 18.3 Å². The molecule has 0 saturated carbocycles. The summed E-state index contributed by atoms with van der Waals surface area (Å²) in [6.45, 7) is 4.00. The van der Waals surface area contributed by atoms with Gasteiger partial charge in [0.25, 0.3) is 0 Å². The zero-order valence-corrected chi connectivity index (χ0v) is 18.0. The van der Waals surface area contributed by atoms with Crippen LogP contribution in [-0.2, 0) is 16.3 Å². The van der Waals surface area contributed by atoms with Gasteiger partial charge in [0.2, 0.25) is 0 Å². The topological polar surface area (TPSA) is 121 Å². The number of methoxy groups -OCH3 is 1. The maximum atomic E-state index is 12.7. The fraction of sp³-hybridized carbons (Fsp3) is 0.333. The lowest BCUT2D eigenvalue weighted by molar-refractivity contribution is 0.0699. The third kappa shape index (κ3) is 4.63. The molecule has 0 fully saturated rings. The maximum absolute atomic E-state index is 12.7. The summed E-state index contributed by atoms with van der Waals surface area (Å²) in [5.41, 5.74) is 2.58. The Morgan fingerprint density at radius 3 is 2.57 bits per heavy atom. The first-order valence-electron chi connectivity index (χ1n) is 9.52. The summed E-state index contributed by atoms with van der Waals surface area (Å²) >= 11 is 0. The lowest BCUT2D eigenvalue weighted by Crippen LogP contribution is -2.25. The van der Waals surface area contributed by atoms with E-state index in [1.807, 2.05) is 0 Å². The Kier molecular flexibility index (Phi) is 6.42. The van der Waals surface area contributed by atoms with E-state index in [1.165, 1.54) is 6.07 Å². The van der Waals surface area contributed by atoms with E-state index in [0.717, 1.165) is 0 Å². The summed E-state index contributed by atoms with van der Waals surface area (Å²) in [4.78, 5) is 19.1. The van der Waals surface area contributed by atoms with Gasteiger partial charge in [0, 0.05) is 6.42 Å². The van der Waals surface area contributed by atoms with E-state index in [1.54, 1.807) is 45.2 Å². The molecule has 1 aromatic heterocycles. The number of fused-ring (bicyclic) bond motifs is 1. The highest BCUT2D eigenvalue weighted by molar-refractivity contribution is 7.91. The molecule has 30 heavy (non-hydrogen) atoms. The molecule has 0 spiro atoms. The smallest absolute Gasteiger partial charge is 0.337 e. The molecule has 0 aliphatic heterocycles. The SMILES string of the molecule is COc1cc(C)c(S(=O)(=O)CNCCCc2nc3c(C(=O)O)cccc3[nH]2)c(C)c1. The first kappa shape index (κ1) is 21.8. The predicted molar refractivity (Wildman–Crippen MR) is 114 cm³/mol. The van der Waals surface area contributed by atoms with E-state index in [0.29, 0.717) is 58.0 Å². The first-order valence-corrected chi connectivity index (χ1v) is 11.2. The number of carboxylic acid groups (broad SMARTS) is 1. The molecule has 0 aliphatic rings. The molecule has 0 aliphatic carbocycles. The van der Waals surface area contributed by atoms with Gasteiger partial charge in [0.15, 0.2) is 9.84 Å². The zero-order chi connectivity index (χ0) is 21.9. The largest absolute Gasteiger partial charge is 0.497 e. The number of H-pyrrole nitrogens is 1. The molecule has 3 aromatic rings. The molecule has 3 rings (SSSR count). The van der Waals surface area contributed by atoms with Crippen LogP contribution in [0.1, 0.15) is 33.7 Å². The molecular weight excluding hydrogens is 406 g/mol. The highest BCUT2D eigenvalue weighted by Crippen LogP contribution is 2.26. The second-order valence-corrected chi connectivity index (χ2v) is 9.07.